The van der Waals surface area contributed by atoms with Gasteiger partial charge in [-0.05, 0) is 59.9 Å². The molecule has 2 amide bonds. The maximum absolute atomic E-state index is 13.6. The number of rotatable bonds is 9. The molecule has 0 radical (unpaired) electrons. The average molecular weight is 532 g/mol. The molecule has 36 heavy (non-hydrogen) atoms. The van der Waals surface area contributed by atoms with Gasteiger partial charge in [-0.3, -0.25) is 9.59 Å². The maximum Gasteiger partial charge on any atom is 0.243 e. The van der Waals surface area contributed by atoms with E-state index in [0.717, 1.165) is 36.8 Å². The Labute approximate surface area is 226 Å². The lowest BCUT2D eigenvalue weighted by Crippen LogP contribution is -2.51. The van der Waals surface area contributed by atoms with Crippen LogP contribution >= 0.6 is 23.2 Å². The molecular formula is C30H40Cl2N2O2. The fourth-order valence-corrected chi connectivity index (χ4v) is 5.19. The van der Waals surface area contributed by atoms with Gasteiger partial charge in [-0.15, -0.1) is 0 Å². The van der Waals surface area contributed by atoms with Gasteiger partial charge in [0, 0.05) is 19.0 Å². The summed E-state index contributed by atoms with van der Waals surface area (Å²) < 4.78 is 0. The Kier molecular flexibility index (Phi) is 10.3. The Morgan fingerprint density at radius 3 is 2.19 bits per heavy atom. The van der Waals surface area contributed by atoms with Crippen molar-refractivity contribution in [2.24, 2.45) is 0 Å². The van der Waals surface area contributed by atoms with Crippen molar-refractivity contribution in [3.63, 3.8) is 0 Å². The minimum Gasteiger partial charge on any atom is -0.352 e. The molecule has 1 fully saturated rings. The van der Waals surface area contributed by atoms with E-state index < -0.39 is 6.04 Å². The summed E-state index contributed by atoms with van der Waals surface area (Å²) in [5, 5.41) is 4.14. The van der Waals surface area contributed by atoms with Crippen molar-refractivity contribution in [3.8, 4) is 0 Å². The number of benzene rings is 2. The van der Waals surface area contributed by atoms with Gasteiger partial charge in [-0.1, -0.05) is 100 Å². The third-order valence-corrected chi connectivity index (χ3v) is 7.86. The number of hydrogen-bond donors (Lipinski definition) is 1. The van der Waals surface area contributed by atoms with Gasteiger partial charge in [0.1, 0.15) is 6.04 Å². The van der Waals surface area contributed by atoms with Gasteiger partial charge in [0.25, 0.3) is 0 Å². The number of aryl methyl sites for hydroxylation is 1. The zero-order chi connectivity index (χ0) is 26.3. The molecule has 1 aliphatic carbocycles. The molecule has 1 aliphatic rings. The number of hydrogen-bond acceptors (Lipinski definition) is 2. The molecule has 0 aliphatic heterocycles. The lowest BCUT2D eigenvalue weighted by atomic mass is 9.86. The highest BCUT2D eigenvalue weighted by Crippen LogP contribution is 2.26. The Balaban J connectivity index is 1.76. The molecule has 0 unspecified atom stereocenters. The molecule has 2 aromatic rings. The van der Waals surface area contributed by atoms with Gasteiger partial charge in [0.05, 0.1) is 10.0 Å². The van der Waals surface area contributed by atoms with Crippen molar-refractivity contribution >= 4 is 35.0 Å². The summed E-state index contributed by atoms with van der Waals surface area (Å²) in [6, 6.07) is 13.5. The van der Waals surface area contributed by atoms with E-state index in [4.69, 9.17) is 23.2 Å². The summed E-state index contributed by atoms with van der Waals surface area (Å²) in [4.78, 5) is 28.7. The number of amides is 2. The van der Waals surface area contributed by atoms with Crippen LogP contribution in [0.2, 0.25) is 10.0 Å². The van der Waals surface area contributed by atoms with Gasteiger partial charge < -0.3 is 10.2 Å². The number of nitrogens with one attached hydrogen (secondary N) is 1. The topological polar surface area (TPSA) is 49.4 Å². The third kappa shape index (κ3) is 7.98. The van der Waals surface area contributed by atoms with Crippen molar-refractivity contribution in [3.05, 3.63) is 69.2 Å². The van der Waals surface area contributed by atoms with Crippen LogP contribution in [0.15, 0.2) is 42.5 Å². The molecule has 6 heteroatoms. The highest BCUT2D eigenvalue weighted by molar-refractivity contribution is 6.42. The molecule has 1 N–H and O–H groups in total. The Bertz CT molecular complexity index is 1020. The predicted octanol–water partition coefficient (Wildman–Crippen LogP) is 7.48. The van der Waals surface area contributed by atoms with E-state index >= 15 is 0 Å². The van der Waals surface area contributed by atoms with E-state index in [2.05, 4.69) is 50.4 Å². The second-order valence-electron chi connectivity index (χ2n) is 11.0. The minimum absolute atomic E-state index is 0.0355. The first-order valence-electron chi connectivity index (χ1n) is 13.2. The SMILES string of the molecule is CC[C@@H](C(=O)NC1CCCCC1)N(Cc1ccc(Cl)c(Cl)c1)C(=O)CCc1ccc(C(C)(C)C)cc1. The first-order valence-corrected chi connectivity index (χ1v) is 14.0. The summed E-state index contributed by atoms with van der Waals surface area (Å²) in [5.74, 6) is -0.0982. The van der Waals surface area contributed by atoms with Crippen LogP contribution in [0, 0.1) is 0 Å². The molecule has 0 bridgehead atoms. The summed E-state index contributed by atoms with van der Waals surface area (Å²) in [5.41, 5.74) is 3.33. The molecule has 0 heterocycles. The highest BCUT2D eigenvalue weighted by atomic mass is 35.5. The summed E-state index contributed by atoms with van der Waals surface area (Å²) in [6.07, 6.45) is 7.03. The molecule has 3 rings (SSSR count). The van der Waals surface area contributed by atoms with Crippen molar-refractivity contribution in [1.82, 2.24) is 10.2 Å². The monoisotopic (exact) mass is 530 g/mol. The Morgan fingerprint density at radius 2 is 1.61 bits per heavy atom. The van der Waals surface area contributed by atoms with Gasteiger partial charge in [0.2, 0.25) is 11.8 Å². The number of halogens is 2. The summed E-state index contributed by atoms with van der Waals surface area (Å²) in [7, 11) is 0. The highest BCUT2D eigenvalue weighted by Gasteiger charge is 2.30. The fourth-order valence-electron chi connectivity index (χ4n) is 4.86. The molecule has 0 spiro atoms. The first-order chi connectivity index (χ1) is 17.1. The van der Waals surface area contributed by atoms with Crippen molar-refractivity contribution in [1.29, 1.82) is 0 Å². The Morgan fingerprint density at radius 1 is 0.972 bits per heavy atom. The van der Waals surface area contributed by atoms with Gasteiger partial charge in [-0.2, -0.15) is 0 Å². The largest absolute Gasteiger partial charge is 0.352 e. The van der Waals surface area contributed by atoms with E-state index in [1.165, 1.54) is 12.0 Å². The van der Waals surface area contributed by atoms with Crippen LogP contribution < -0.4 is 5.32 Å². The molecule has 4 nitrogen and oxygen atoms in total. The zero-order valence-electron chi connectivity index (χ0n) is 22.1. The van der Waals surface area contributed by atoms with Gasteiger partial charge >= 0.3 is 0 Å². The van der Waals surface area contributed by atoms with E-state index in [1.807, 2.05) is 13.0 Å². The number of nitrogens with zero attached hydrogens (tertiary/aromatic N) is 1. The van der Waals surface area contributed by atoms with Crippen LogP contribution in [0.4, 0.5) is 0 Å². The van der Waals surface area contributed by atoms with Crippen LogP contribution in [0.25, 0.3) is 0 Å². The second kappa shape index (κ2) is 13.0. The predicted molar refractivity (Wildman–Crippen MR) is 150 cm³/mol. The smallest absolute Gasteiger partial charge is 0.243 e. The van der Waals surface area contributed by atoms with E-state index in [0.29, 0.717) is 35.9 Å². The molecule has 0 aromatic heterocycles. The quantitative estimate of drug-likeness (QED) is 0.365. The van der Waals surface area contributed by atoms with Crippen LogP contribution in [0.5, 0.6) is 0 Å². The number of carbonyl (C=O) groups excluding carboxylic acids is 2. The van der Waals surface area contributed by atoms with Crippen LogP contribution in [0.1, 0.15) is 89.3 Å². The molecule has 2 aromatic carbocycles. The molecule has 0 saturated heterocycles. The fraction of sp³-hybridized carbons (Fsp3) is 0.533. The van der Waals surface area contributed by atoms with Crippen LogP contribution in [-0.2, 0) is 28.0 Å². The molecule has 1 atom stereocenters. The van der Waals surface area contributed by atoms with E-state index in [1.54, 1.807) is 17.0 Å². The molecule has 196 valence electrons. The summed E-state index contributed by atoms with van der Waals surface area (Å²) in [6.45, 7) is 8.85. The second-order valence-corrected chi connectivity index (χ2v) is 11.8. The normalized spacial score (nSPS) is 15.4. The van der Waals surface area contributed by atoms with E-state index in [9.17, 15) is 9.59 Å². The average Bonchev–Trinajstić information content (AvgIpc) is 2.85. The zero-order valence-corrected chi connectivity index (χ0v) is 23.6. The van der Waals surface area contributed by atoms with Gasteiger partial charge in [-0.25, -0.2) is 0 Å². The number of carbonyl (C=O) groups is 2. The summed E-state index contributed by atoms with van der Waals surface area (Å²) >= 11 is 12.4. The first kappa shape index (κ1) is 28.5. The third-order valence-electron chi connectivity index (χ3n) is 7.12. The Hall–Kier alpha value is -2.04. The molecular weight excluding hydrogens is 491 g/mol. The van der Waals surface area contributed by atoms with Crippen LogP contribution in [-0.4, -0.2) is 28.8 Å². The lowest BCUT2D eigenvalue weighted by Gasteiger charge is -2.33. The van der Waals surface area contributed by atoms with Crippen molar-refractivity contribution < 1.29 is 9.59 Å². The van der Waals surface area contributed by atoms with E-state index in [-0.39, 0.29) is 23.3 Å². The van der Waals surface area contributed by atoms with Crippen molar-refractivity contribution in [2.45, 2.75) is 103 Å². The minimum atomic E-state index is -0.530. The lowest BCUT2D eigenvalue weighted by molar-refractivity contribution is -0.141. The van der Waals surface area contributed by atoms with Crippen molar-refractivity contribution in [2.75, 3.05) is 0 Å². The molecule has 1 saturated carbocycles. The standard InChI is InChI=1S/C30H40Cl2N2O2/c1-5-27(29(36)33-24-9-7-6-8-10-24)34(20-22-13-17-25(31)26(32)19-22)28(35)18-14-21-11-15-23(16-12-21)30(2,3)4/h11-13,15-17,19,24,27H,5-10,14,18,20H2,1-4H3,(H,33,36)/t27-/m0/s1. The van der Waals surface area contributed by atoms with Crippen LogP contribution in [0.3, 0.4) is 0 Å². The van der Waals surface area contributed by atoms with Gasteiger partial charge in [0.15, 0.2) is 0 Å². The maximum atomic E-state index is 13.6.